The molecule has 1 saturated heterocycles. The van der Waals surface area contributed by atoms with Crippen LogP contribution in [0.3, 0.4) is 0 Å². The first-order valence-electron chi connectivity index (χ1n) is 10.8. The van der Waals surface area contributed by atoms with E-state index in [-0.39, 0.29) is 11.9 Å². The number of morpholine rings is 1. The van der Waals surface area contributed by atoms with Gasteiger partial charge in [0.25, 0.3) is 0 Å². The van der Waals surface area contributed by atoms with E-state index in [0.717, 1.165) is 30.5 Å². The fraction of sp³-hybridized carbons (Fsp3) is 0.652. The van der Waals surface area contributed by atoms with Crippen LogP contribution in [0.15, 0.2) is 24.3 Å². The molecule has 0 aromatic heterocycles. The molecule has 1 aromatic carbocycles. The Kier molecular flexibility index (Phi) is 4.86. The van der Waals surface area contributed by atoms with Crippen molar-refractivity contribution in [3.63, 3.8) is 0 Å². The van der Waals surface area contributed by atoms with Gasteiger partial charge in [0, 0.05) is 19.1 Å². The highest BCUT2D eigenvalue weighted by Crippen LogP contribution is 2.53. The van der Waals surface area contributed by atoms with Gasteiger partial charge in [-0.05, 0) is 61.3 Å². The van der Waals surface area contributed by atoms with Crippen molar-refractivity contribution in [1.82, 2.24) is 10.2 Å². The molecule has 6 rings (SSSR count). The topological polar surface area (TPSA) is 45.9 Å². The highest BCUT2D eigenvalue weighted by atomic mass is 16.5. The van der Waals surface area contributed by atoms with Gasteiger partial charge >= 0.3 is 0 Å². The fourth-order valence-corrected chi connectivity index (χ4v) is 6.40. The van der Waals surface area contributed by atoms with Crippen LogP contribution in [0.25, 0.3) is 4.85 Å². The summed E-state index contributed by atoms with van der Waals surface area (Å²) in [6.45, 7) is 9.72. The van der Waals surface area contributed by atoms with E-state index in [9.17, 15) is 4.79 Å². The minimum Gasteiger partial charge on any atom is -0.378 e. The van der Waals surface area contributed by atoms with Crippen LogP contribution in [-0.2, 0) is 16.1 Å². The number of amides is 1. The number of hydrogen-bond donors (Lipinski definition) is 1. The van der Waals surface area contributed by atoms with E-state index < -0.39 is 0 Å². The maximum absolute atomic E-state index is 13.2. The average Bonchev–Trinajstić information content (AvgIpc) is 2.71. The molecule has 1 N–H and O–H groups in total. The molecular formula is C23H29N3O2. The van der Waals surface area contributed by atoms with E-state index >= 15 is 0 Å². The van der Waals surface area contributed by atoms with Crippen LogP contribution in [0.1, 0.15) is 37.7 Å². The molecule has 28 heavy (non-hydrogen) atoms. The fourth-order valence-electron chi connectivity index (χ4n) is 6.40. The zero-order valence-electron chi connectivity index (χ0n) is 16.3. The normalized spacial score (nSPS) is 36.8. The summed E-state index contributed by atoms with van der Waals surface area (Å²) in [4.78, 5) is 18.9. The first kappa shape index (κ1) is 18.1. The molecule has 5 fully saturated rings. The highest BCUT2D eigenvalue weighted by Gasteiger charge is 2.49. The van der Waals surface area contributed by atoms with E-state index in [4.69, 9.17) is 11.3 Å². The molecule has 1 aromatic rings. The molecular weight excluding hydrogens is 350 g/mol. The quantitative estimate of drug-likeness (QED) is 0.816. The van der Waals surface area contributed by atoms with E-state index in [0.29, 0.717) is 36.8 Å². The Morgan fingerprint density at radius 2 is 1.79 bits per heavy atom. The summed E-state index contributed by atoms with van der Waals surface area (Å²) < 4.78 is 5.67. The number of ether oxygens (including phenoxy) is 1. The smallest absolute Gasteiger partial charge is 0.239 e. The van der Waals surface area contributed by atoms with Gasteiger partial charge in [0.2, 0.25) is 5.91 Å². The van der Waals surface area contributed by atoms with Crippen LogP contribution in [0.2, 0.25) is 0 Å². The van der Waals surface area contributed by atoms with Crippen molar-refractivity contribution in [2.75, 3.05) is 19.8 Å². The third kappa shape index (κ3) is 3.44. The predicted molar refractivity (Wildman–Crippen MR) is 107 cm³/mol. The summed E-state index contributed by atoms with van der Waals surface area (Å²) >= 11 is 0. The van der Waals surface area contributed by atoms with Crippen molar-refractivity contribution >= 4 is 11.6 Å². The Morgan fingerprint density at radius 1 is 1.11 bits per heavy atom. The SMILES string of the molecule is [C-]#[N+]c1ccc(CN2CCOC[C@@H]2C(=O)NC2C3CC4CC(C3)CC2C4)cc1. The molecule has 0 radical (unpaired) electrons. The Labute approximate surface area is 167 Å². The first-order valence-corrected chi connectivity index (χ1v) is 10.8. The summed E-state index contributed by atoms with van der Waals surface area (Å²) in [5.41, 5.74) is 1.80. The monoisotopic (exact) mass is 379 g/mol. The lowest BCUT2D eigenvalue weighted by molar-refractivity contribution is -0.136. The number of carbonyl (C=O) groups excluding carboxylic acids is 1. The van der Waals surface area contributed by atoms with Crippen molar-refractivity contribution in [3.8, 4) is 0 Å². The van der Waals surface area contributed by atoms with Crippen molar-refractivity contribution in [2.45, 2.75) is 50.7 Å². The van der Waals surface area contributed by atoms with E-state index in [1.165, 1.54) is 32.1 Å². The number of nitrogens with one attached hydrogen (secondary N) is 1. The van der Waals surface area contributed by atoms with E-state index in [1.807, 2.05) is 24.3 Å². The predicted octanol–water partition coefficient (Wildman–Crippen LogP) is 3.38. The van der Waals surface area contributed by atoms with Crippen LogP contribution in [0.4, 0.5) is 5.69 Å². The first-order chi connectivity index (χ1) is 13.7. The second kappa shape index (κ2) is 7.50. The molecule has 0 spiro atoms. The highest BCUT2D eigenvalue weighted by molar-refractivity contribution is 5.82. The molecule has 1 heterocycles. The standard InChI is InChI=1S/C23H29N3O2/c1-24-20-4-2-15(3-5-20)13-26-6-7-28-14-21(26)23(27)25-22-18-9-16-8-17(11-18)12-19(22)10-16/h2-5,16-19,21-22H,6-14H2,(H,25,27)/t16?,17?,18?,19?,21-,22?/m1/s1. The zero-order valence-corrected chi connectivity index (χ0v) is 16.3. The maximum Gasteiger partial charge on any atom is 0.239 e. The molecule has 1 atom stereocenters. The Bertz CT molecular complexity index is 741. The largest absolute Gasteiger partial charge is 0.378 e. The third-order valence-corrected chi connectivity index (χ3v) is 7.53. The Balaban J connectivity index is 1.25. The van der Waals surface area contributed by atoms with Gasteiger partial charge < -0.3 is 10.1 Å². The summed E-state index contributed by atoms with van der Waals surface area (Å²) in [6.07, 6.45) is 6.70. The maximum atomic E-state index is 13.2. The minimum absolute atomic E-state index is 0.148. The number of hydrogen-bond acceptors (Lipinski definition) is 3. The second-order valence-electron chi connectivity index (χ2n) is 9.30. The minimum atomic E-state index is -0.216. The molecule has 4 saturated carbocycles. The third-order valence-electron chi connectivity index (χ3n) is 7.53. The van der Waals surface area contributed by atoms with Crippen LogP contribution < -0.4 is 5.32 Å². The van der Waals surface area contributed by atoms with Gasteiger partial charge in [-0.15, -0.1) is 0 Å². The van der Waals surface area contributed by atoms with Gasteiger partial charge in [-0.2, -0.15) is 0 Å². The molecule has 0 unspecified atom stereocenters. The van der Waals surface area contributed by atoms with Gasteiger partial charge in [0.05, 0.1) is 19.8 Å². The van der Waals surface area contributed by atoms with Gasteiger partial charge in [-0.3, -0.25) is 9.69 Å². The molecule has 4 bridgehead atoms. The van der Waals surface area contributed by atoms with E-state index in [1.54, 1.807) is 0 Å². The molecule has 1 amide bonds. The lowest BCUT2D eigenvalue weighted by Gasteiger charge is -2.54. The molecule has 1 aliphatic heterocycles. The van der Waals surface area contributed by atoms with Gasteiger partial charge in [0.1, 0.15) is 6.04 Å². The number of nitrogens with zero attached hydrogens (tertiary/aromatic N) is 2. The van der Waals surface area contributed by atoms with Crippen LogP contribution in [0, 0.1) is 30.2 Å². The molecule has 4 aliphatic carbocycles. The number of benzene rings is 1. The lowest BCUT2D eigenvalue weighted by Crippen LogP contribution is -2.60. The average molecular weight is 380 g/mol. The van der Waals surface area contributed by atoms with Gasteiger partial charge in [0.15, 0.2) is 5.69 Å². The van der Waals surface area contributed by atoms with Crippen LogP contribution in [0.5, 0.6) is 0 Å². The molecule has 5 aliphatic rings. The second-order valence-corrected chi connectivity index (χ2v) is 9.30. The van der Waals surface area contributed by atoms with Gasteiger partial charge in [-0.25, -0.2) is 4.85 Å². The van der Waals surface area contributed by atoms with Crippen molar-refractivity contribution < 1.29 is 9.53 Å². The van der Waals surface area contributed by atoms with Crippen molar-refractivity contribution in [2.24, 2.45) is 23.7 Å². The molecule has 5 heteroatoms. The Morgan fingerprint density at radius 3 is 2.43 bits per heavy atom. The van der Waals surface area contributed by atoms with E-state index in [2.05, 4.69) is 15.1 Å². The Hall–Kier alpha value is -1.90. The van der Waals surface area contributed by atoms with Crippen molar-refractivity contribution in [1.29, 1.82) is 0 Å². The number of carbonyl (C=O) groups is 1. The lowest BCUT2D eigenvalue weighted by atomic mass is 9.54. The van der Waals surface area contributed by atoms with Crippen LogP contribution >= 0.6 is 0 Å². The molecule has 5 nitrogen and oxygen atoms in total. The summed E-state index contributed by atoms with van der Waals surface area (Å²) in [5.74, 6) is 3.38. The number of rotatable bonds is 4. The summed E-state index contributed by atoms with van der Waals surface area (Å²) in [5, 5.41) is 3.47. The molecule has 148 valence electrons. The van der Waals surface area contributed by atoms with Gasteiger partial charge in [-0.1, -0.05) is 24.3 Å². The van der Waals surface area contributed by atoms with Crippen molar-refractivity contribution in [3.05, 3.63) is 41.2 Å². The van der Waals surface area contributed by atoms with Crippen LogP contribution in [-0.4, -0.2) is 42.6 Å². The summed E-state index contributed by atoms with van der Waals surface area (Å²) in [6, 6.07) is 7.86. The summed E-state index contributed by atoms with van der Waals surface area (Å²) in [7, 11) is 0. The zero-order chi connectivity index (χ0) is 19.1.